The first-order valence-electron chi connectivity index (χ1n) is 5.73. The third-order valence-electron chi connectivity index (χ3n) is 2.64. The lowest BCUT2D eigenvalue weighted by Gasteiger charge is -2.08. The highest BCUT2D eigenvalue weighted by atomic mass is 32.1. The average Bonchev–Trinajstić information content (AvgIpc) is 2.89. The second kappa shape index (κ2) is 6.37. The molecule has 0 fully saturated rings. The Labute approximate surface area is 110 Å². The van der Waals surface area contributed by atoms with E-state index in [1.807, 2.05) is 17.0 Å². The molecule has 1 heterocycles. The third-order valence-corrected chi connectivity index (χ3v) is 3.28. The minimum Gasteiger partial charge on any atom is -0.508 e. The zero-order valence-electron chi connectivity index (χ0n) is 10.2. The van der Waals surface area contributed by atoms with E-state index < -0.39 is 0 Å². The van der Waals surface area contributed by atoms with Gasteiger partial charge >= 0.3 is 0 Å². The summed E-state index contributed by atoms with van der Waals surface area (Å²) < 4.78 is 5.13. The number of rotatable bonds is 6. The van der Waals surface area contributed by atoms with E-state index in [2.05, 4.69) is 10.3 Å². The smallest absolute Gasteiger partial charge is 0.120 e. The summed E-state index contributed by atoms with van der Waals surface area (Å²) in [5.41, 5.74) is 3.78. The van der Waals surface area contributed by atoms with Gasteiger partial charge in [-0.15, -0.1) is 11.3 Å². The number of hydrogen-bond donors (Lipinski definition) is 2. The number of phenols is 1. The Morgan fingerprint density at radius 3 is 3.06 bits per heavy atom. The summed E-state index contributed by atoms with van der Waals surface area (Å²) in [7, 11) is 1.62. The maximum atomic E-state index is 9.71. The molecule has 0 atom stereocenters. The van der Waals surface area contributed by atoms with Crippen molar-refractivity contribution in [1.82, 2.24) is 10.3 Å². The van der Waals surface area contributed by atoms with Gasteiger partial charge in [0.05, 0.1) is 18.3 Å². The van der Waals surface area contributed by atoms with Gasteiger partial charge in [-0.25, -0.2) is 4.98 Å². The number of aromatic nitrogens is 1. The quantitative estimate of drug-likeness (QED) is 0.785. The number of nitrogens with zero attached hydrogens (tertiary/aromatic N) is 1. The summed E-state index contributed by atoms with van der Waals surface area (Å²) in [6.45, 7) is 1.45. The first kappa shape index (κ1) is 12.9. The fourth-order valence-corrected chi connectivity index (χ4v) is 2.22. The van der Waals surface area contributed by atoms with E-state index >= 15 is 0 Å². The highest BCUT2D eigenvalue weighted by molar-refractivity contribution is 7.07. The molecule has 0 aliphatic carbocycles. The third kappa shape index (κ3) is 3.45. The molecule has 0 saturated carbocycles. The van der Waals surface area contributed by atoms with Gasteiger partial charge < -0.3 is 15.2 Å². The van der Waals surface area contributed by atoms with Crippen LogP contribution >= 0.6 is 11.3 Å². The maximum Gasteiger partial charge on any atom is 0.120 e. The maximum absolute atomic E-state index is 9.71. The molecule has 1 aromatic carbocycles. The molecule has 2 aromatic rings. The monoisotopic (exact) mass is 264 g/mol. The van der Waals surface area contributed by atoms with Gasteiger partial charge in [0, 0.05) is 30.5 Å². The van der Waals surface area contributed by atoms with Crippen molar-refractivity contribution in [3.8, 4) is 11.5 Å². The Hall–Kier alpha value is -1.59. The van der Waals surface area contributed by atoms with Crippen LogP contribution in [0.3, 0.4) is 0 Å². The molecule has 5 heteroatoms. The number of methoxy groups -OCH3 is 1. The summed E-state index contributed by atoms with van der Waals surface area (Å²) in [5, 5.41) is 15.0. The van der Waals surface area contributed by atoms with Crippen LogP contribution in [0.2, 0.25) is 0 Å². The van der Waals surface area contributed by atoms with Crippen molar-refractivity contribution in [3.63, 3.8) is 0 Å². The number of benzene rings is 1. The van der Waals surface area contributed by atoms with Gasteiger partial charge in [0.2, 0.25) is 0 Å². The average molecular weight is 264 g/mol. The molecule has 4 nitrogen and oxygen atoms in total. The van der Waals surface area contributed by atoms with Crippen molar-refractivity contribution >= 4 is 11.3 Å². The topological polar surface area (TPSA) is 54.4 Å². The van der Waals surface area contributed by atoms with Gasteiger partial charge in [0.15, 0.2) is 0 Å². The SMILES string of the molecule is COc1ccc(O)c(CNCCc2cscn2)c1. The fraction of sp³-hybridized carbons (Fsp3) is 0.308. The molecule has 0 saturated heterocycles. The van der Waals surface area contributed by atoms with Crippen molar-refractivity contribution in [2.45, 2.75) is 13.0 Å². The molecule has 2 N–H and O–H groups in total. The van der Waals surface area contributed by atoms with Crippen molar-refractivity contribution < 1.29 is 9.84 Å². The van der Waals surface area contributed by atoms with Crippen molar-refractivity contribution in [1.29, 1.82) is 0 Å². The van der Waals surface area contributed by atoms with Gasteiger partial charge in [-0.05, 0) is 18.2 Å². The summed E-state index contributed by atoms with van der Waals surface area (Å²) in [5.74, 6) is 1.04. The predicted molar refractivity (Wildman–Crippen MR) is 72.2 cm³/mol. The number of aromatic hydroxyl groups is 1. The largest absolute Gasteiger partial charge is 0.508 e. The zero-order valence-corrected chi connectivity index (χ0v) is 11.0. The highest BCUT2D eigenvalue weighted by Crippen LogP contribution is 2.22. The standard InChI is InChI=1S/C13H16N2O2S/c1-17-12-2-3-13(16)10(6-12)7-14-5-4-11-8-18-9-15-11/h2-3,6,8-9,14,16H,4-5,7H2,1H3. The number of nitrogens with one attached hydrogen (secondary N) is 1. The van der Waals surface area contributed by atoms with Crippen molar-refractivity contribution in [3.05, 3.63) is 40.3 Å². The van der Waals surface area contributed by atoms with Gasteiger partial charge in [0.25, 0.3) is 0 Å². The van der Waals surface area contributed by atoms with E-state index in [9.17, 15) is 5.11 Å². The van der Waals surface area contributed by atoms with Crippen molar-refractivity contribution in [2.24, 2.45) is 0 Å². The fourth-order valence-electron chi connectivity index (χ4n) is 1.63. The van der Waals surface area contributed by atoms with Crippen LogP contribution in [-0.4, -0.2) is 23.7 Å². The van der Waals surface area contributed by atoms with E-state index in [0.29, 0.717) is 6.54 Å². The molecule has 0 amide bonds. The van der Waals surface area contributed by atoms with E-state index in [0.717, 1.165) is 30.0 Å². The molecule has 0 aliphatic heterocycles. The molecular weight excluding hydrogens is 248 g/mol. The van der Waals surface area contributed by atoms with Crippen LogP contribution in [0.25, 0.3) is 0 Å². The lowest BCUT2D eigenvalue weighted by atomic mass is 10.2. The molecule has 0 spiro atoms. The molecule has 18 heavy (non-hydrogen) atoms. The lowest BCUT2D eigenvalue weighted by molar-refractivity contribution is 0.410. The van der Waals surface area contributed by atoms with Gasteiger partial charge in [-0.2, -0.15) is 0 Å². The first-order chi connectivity index (χ1) is 8.79. The Morgan fingerprint density at radius 2 is 2.33 bits per heavy atom. The second-order valence-corrected chi connectivity index (χ2v) is 4.62. The first-order valence-corrected chi connectivity index (χ1v) is 6.67. The molecule has 1 aromatic heterocycles. The Bertz CT molecular complexity index is 486. The summed E-state index contributed by atoms with van der Waals surface area (Å²) >= 11 is 1.61. The van der Waals surface area contributed by atoms with Crippen LogP contribution in [0.1, 0.15) is 11.3 Å². The molecule has 0 unspecified atom stereocenters. The van der Waals surface area contributed by atoms with Crippen LogP contribution in [-0.2, 0) is 13.0 Å². The zero-order chi connectivity index (χ0) is 12.8. The molecular formula is C13H16N2O2S. The van der Waals surface area contributed by atoms with Crippen LogP contribution in [0, 0.1) is 0 Å². The Balaban J connectivity index is 1.82. The molecule has 0 aliphatic rings. The minimum atomic E-state index is 0.289. The normalized spacial score (nSPS) is 10.5. The second-order valence-electron chi connectivity index (χ2n) is 3.90. The number of ether oxygens (including phenoxy) is 1. The molecule has 96 valence electrons. The number of thiazole rings is 1. The highest BCUT2D eigenvalue weighted by Gasteiger charge is 2.03. The van der Waals surface area contributed by atoms with E-state index in [-0.39, 0.29) is 5.75 Å². The van der Waals surface area contributed by atoms with Crippen LogP contribution < -0.4 is 10.1 Å². The summed E-state index contributed by atoms with van der Waals surface area (Å²) in [4.78, 5) is 4.21. The minimum absolute atomic E-state index is 0.289. The van der Waals surface area contributed by atoms with Gasteiger partial charge in [-0.3, -0.25) is 0 Å². The summed E-state index contributed by atoms with van der Waals surface area (Å²) in [6.07, 6.45) is 0.897. The number of hydrogen-bond acceptors (Lipinski definition) is 5. The van der Waals surface area contributed by atoms with Gasteiger partial charge in [0.1, 0.15) is 11.5 Å². The van der Waals surface area contributed by atoms with Crippen LogP contribution in [0.15, 0.2) is 29.1 Å². The van der Waals surface area contributed by atoms with Crippen molar-refractivity contribution in [2.75, 3.05) is 13.7 Å². The van der Waals surface area contributed by atoms with Crippen LogP contribution in [0.4, 0.5) is 0 Å². The summed E-state index contributed by atoms with van der Waals surface area (Å²) in [6, 6.07) is 5.23. The van der Waals surface area contributed by atoms with E-state index in [4.69, 9.17) is 4.74 Å². The Kier molecular flexibility index (Phi) is 4.55. The number of phenolic OH excluding ortho intramolecular Hbond substituents is 1. The van der Waals surface area contributed by atoms with Gasteiger partial charge in [-0.1, -0.05) is 0 Å². The van der Waals surface area contributed by atoms with Crippen LogP contribution in [0.5, 0.6) is 11.5 Å². The van der Waals surface area contributed by atoms with E-state index in [1.54, 1.807) is 30.6 Å². The molecule has 0 radical (unpaired) electrons. The lowest BCUT2D eigenvalue weighted by Crippen LogP contribution is -2.16. The van der Waals surface area contributed by atoms with E-state index in [1.165, 1.54) is 0 Å². The Morgan fingerprint density at radius 1 is 1.44 bits per heavy atom. The molecule has 0 bridgehead atoms. The predicted octanol–water partition coefficient (Wildman–Crippen LogP) is 2.19. The molecule has 2 rings (SSSR count).